The number of aromatic nitrogens is 1. The van der Waals surface area contributed by atoms with Crippen molar-refractivity contribution in [1.82, 2.24) is 9.88 Å². The molecule has 1 unspecified atom stereocenters. The number of carbonyl (C=O) groups is 2. The predicted molar refractivity (Wildman–Crippen MR) is 172 cm³/mol. The van der Waals surface area contributed by atoms with Crippen LogP contribution in [0, 0.1) is 5.92 Å². The normalized spacial score (nSPS) is 16.8. The number of nitrogens with zero attached hydrogens (tertiary/aromatic N) is 3. The number of hydrogen-bond acceptors (Lipinski definition) is 8. The van der Waals surface area contributed by atoms with E-state index in [4.69, 9.17) is 24.7 Å². The Kier molecular flexibility index (Phi) is 10.8. The fourth-order valence-electron chi connectivity index (χ4n) is 5.42. The predicted octanol–water partition coefficient (Wildman–Crippen LogP) is 5.61. The van der Waals surface area contributed by atoms with Gasteiger partial charge in [0.2, 0.25) is 0 Å². The number of benzene rings is 3. The number of aliphatic carboxylic acids is 2. The molecule has 3 aromatic carbocycles. The SMILES string of the molecule is O=C(O)C=CC(=O)O.c1ccc(CCN(CC2CCN(CC3COc4ccccc4O3)CC2)c2nc3ccccc3s2)cc1. The highest BCUT2D eigenvalue weighted by molar-refractivity contribution is 7.22. The summed E-state index contributed by atoms with van der Waals surface area (Å²) in [7, 11) is 0. The minimum Gasteiger partial charge on any atom is -0.486 e. The summed E-state index contributed by atoms with van der Waals surface area (Å²) in [5, 5.41) is 16.8. The summed E-state index contributed by atoms with van der Waals surface area (Å²) in [4.78, 5) is 29.2. The van der Waals surface area contributed by atoms with Crippen molar-refractivity contribution >= 4 is 38.6 Å². The Morgan fingerprint density at radius 3 is 2.27 bits per heavy atom. The fraction of sp³-hybridized carbons (Fsp3) is 0.324. The number of rotatable bonds is 10. The van der Waals surface area contributed by atoms with Gasteiger partial charge in [-0.05, 0) is 68.1 Å². The Morgan fingerprint density at radius 2 is 1.57 bits per heavy atom. The van der Waals surface area contributed by atoms with Crippen LogP contribution in [0.2, 0.25) is 0 Å². The van der Waals surface area contributed by atoms with Crippen LogP contribution in [0.15, 0.2) is 91.0 Å². The molecule has 1 aromatic heterocycles. The Morgan fingerprint density at radius 1 is 0.909 bits per heavy atom. The number of hydrogen-bond donors (Lipinski definition) is 2. The first kappa shape index (κ1) is 31.0. The van der Waals surface area contributed by atoms with Crippen molar-refractivity contribution in [3.63, 3.8) is 0 Å². The van der Waals surface area contributed by atoms with Crippen LogP contribution in [0.1, 0.15) is 18.4 Å². The minimum atomic E-state index is -1.26. The highest BCUT2D eigenvalue weighted by atomic mass is 32.1. The molecule has 44 heavy (non-hydrogen) atoms. The standard InChI is InChI=1S/C30H33N3O2S.C4H4O4/c1-2-8-23(9-3-1)16-19-33(30-31-26-10-4-7-13-29(26)36-30)20-24-14-17-32(18-15-24)21-25-22-34-27-11-5-6-12-28(27)35-25;5-3(6)1-2-4(7)8/h1-13,24-25H,14-22H2;1-2H,(H,5,6)(H,7,8). The Balaban J connectivity index is 0.000000426. The van der Waals surface area contributed by atoms with Gasteiger partial charge < -0.3 is 24.6 Å². The van der Waals surface area contributed by atoms with Crippen LogP contribution in [0.25, 0.3) is 10.2 Å². The fourth-order valence-corrected chi connectivity index (χ4v) is 6.42. The van der Waals surface area contributed by atoms with E-state index >= 15 is 0 Å². The van der Waals surface area contributed by atoms with E-state index in [-0.39, 0.29) is 6.10 Å². The van der Waals surface area contributed by atoms with Crippen molar-refractivity contribution in [3.8, 4) is 11.5 Å². The molecule has 10 heteroatoms. The number of piperidine rings is 1. The maximum absolute atomic E-state index is 9.55. The molecule has 4 aromatic rings. The second-order valence-electron chi connectivity index (χ2n) is 10.9. The van der Waals surface area contributed by atoms with Gasteiger partial charge in [0.05, 0.1) is 10.2 Å². The van der Waals surface area contributed by atoms with Gasteiger partial charge in [0, 0.05) is 31.8 Å². The Bertz CT molecular complexity index is 1500. The van der Waals surface area contributed by atoms with E-state index in [2.05, 4.69) is 64.4 Å². The van der Waals surface area contributed by atoms with Gasteiger partial charge in [-0.15, -0.1) is 0 Å². The van der Waals surface area contributed by atoms with Gasteiger partial charge in [-0.2, -0.15) is 0 Å². The number of ether oxygens (including phenoxy) is 2. The lowest BCUT2D eigenvalue weighted by Gasteiger charge is -2.37. The summed E-state index contributed by atoms with van der Waals surface area (Å²) in [6.07, 6.45) is 4.66. The minimum absolute atomic E-state index is 0.0987. The van der Waals surface area contributed by atoms with Crippen LogP contribution < -0.4 is 14.4 Å². The first-order valence-corrected chi connectivity index (χ1v) is 15.6. The molecule has 230 valence electrons. The molecule has 0 saturated carbocycles. The van der Waals surface area contributed by atoms with Gasteiger partial charge in [-0.25, -0.2) is 14.6 Å². The number of carboxylic acids is 2. The van der Waals surface area contributed by atoms with Crippen LogP contribution >= 0.6 is 11.3 Å². The lowest BCUT2D eigenvalue weighted by molar-refractivity contribution is -0.134. The zero-order valence-electron chi connectivity index (χ0n) is 24.5. The maximum Gasteiger partial charge on any atom is 0.328 e. The number of para-hydroxylation sites is 3. The summed E-state index contributed by atoms with van der Waals surface area (Å²) < 4.78 is 13.4. The molecule has 3 heterocycles. The number of likely N-dealkylation sites (tertiary alicyclic amines) is 1. The van der Waals surface area contributed by atoms with Gasteiger partial charge in [0.25, 0.3) is 0 Å². The summed E-state index contributed by atoms with van der Waals surface area (Å²) >= 11 is 1.82. The van der Waals surface area contributed by atoms with Crippen molar-refractivity contribution in [2.75, 3.05) is 44.2 Å². The summed E-state index contributed by atoms with van der Waals surface area (Å²) in [6, 6.07) is 27.3. The summed E-state index contributed by atoms with van der Waals surface area (Å²) in [5.74, 6) is -0.112. The van der Waals surface area contributed by atoms with Gasteiger partial charge >= 0.3 is 11.9 Å². The van der Waals surface area contributed by atoms with Crippen molar-refractivity contribution in [2.45, 2.75) is 25.4 Å². The zero-order chi connectivity index (χ0) is 30.7. The molecule has 2 aliphatic heterocycles. The molecular weight excluding hydrogens is 578 g/mol. The van der Waals surface area contributed by atoms with E-state index in [1.54, 1.807) is 0 Å². The molecule has 0 spiro atoms. The van der Waals surface area contributed by atoms with E-state index in [9.17, 15) is 9.59 Å². The van der Waals surface area contributed by atoms with Crippen molar-refractivity contribution < 1.29 is 29.3 Å². The molecule has 1 saturated heterocycles. The summed E-state index contributed by atoms with van der Waals surface area (Å²) in [5.41, 5.74) is 2.49. The van der Waals surface area contributed by atoms with Gasteiger partial charge in [0.1, 0.15) is 12.7 Å². The Labute approximate surface area is 261 Å². The molecule has 0 radical (unpaired) electrons. The van der Waals surface area contributed by atoms with Crippen LogP contribution in [-0.2, 0) is 16.0 Å². The van der Waals surface area contributed by atoms with Crippen molar-refractivity contribution in [2.24, 2.45) is 5.92 Å². The first-order chi connectivity index (χ1) is 21.4. The van der Waals surface area contributed by atoms with Crippen LogP contribution in [0.3, 0.4) is 0 Å². The first-order valence-electron chi connectivity index (χ1n) is 14.8. The molecule has 1 atom stereocenters. The molecule has 1 fully saturated rings. The van der Waals surface area contributed by atoms with E-state index < -0.39 is 11.9 Å². The highest BCUT2D eigenvalue weighted by Crippen LogP contribution is 2.33. The lowest BCUT2D eigenvalue weighted by atomic mass is 9.96. The largest absolute Gasteiger partial charge is 0.486 e. The smallest absolute Gasteiger partial charge is 0.328 e. The molecule has 6 rings (SSSR count). The molecule has 0 amide bonds. The molecule has 9 nitrogen and oxygen atoms in total. The number of thiazole rings is 1. The van der Waals surface area contributed by atoms with Crippen molar-refractivity contribution in [1.29, 1.82) is 0 Å². The average molecular weight is 616 g/mol. The van der Waals surface area contributed by atoms with Crippen LogP contribution in [-0.4, -0.2) is 77.5 Å². The van der Waals surface area contributed by atoms with Crippen LogP contribution in [0.5, 0.6) is 11.5 Å². The molecule has 2 aliphatic rings. The monoisotopic (exact) mass is 615 g/mol. The highest BCUT2D eigenvalue weighted by Gasteiger charge is 2.27. The average Bonchev–Trinajstić information content (AvgIpc) is 3.48. The van der Waals surface area contributed by atoms with Gasteiger partial charge in [-0.3, -0.25) is 4.90 Å². The van der Waals surface area contributed by atoms with E-state index in [1.807, 2.05) is 35.6 Å². The maximum atomic E-state index is 9.55. The third-order valence-corrected chi connectivity index (χ3v) is 8.75. The summed E-state index contributed by atoms with van der Waals surface area (Å²) in [6.45, 7) is 5.84. The van der Waals surface area contributed by atoms with E-state index in [1.165, 1.54) is 23.1 Å². The molecular formula is C34H37N3O6S. The van der Waals surface area contributed by atoms with Gasteiger partial charge in [0.15, 0.2) is 16.6 Å². The second-order valence-corrected chi connectivity index (χ2v) is 11.9. The van der Waals surface area contributed by atoms with Crippen molar-refractivity contribution in [3.05, 3.63) is 96.6 Å². The second kappa shape index (κ2) is 15.4. The number of fused-ring (bicyclic) bond motifs is 2. The quantitative estimate of drug-likeness (QED) is 0.220. The molecule has 0 bridgehead atoms. The third-order valence-electron chi connectivity index (χ3n) is 7.65. The van der Waals surface area contributed by atoms with Gasteiger partial charge in [-0.1, -0.05) is 65.9 Å². The zero-order valence-corrected chi connectivity index (χ0v) is 25.3. The lowest BCUT2D eigenvalue weighted by Crippen LogP contribution is -2.45. The Hall–Kier alpha value is -4.41. The molecule has 2 N–H and O–H groups in total. The molecule has 0 aliphatic carbocycles. The third kappa shape index (κ3) is 9.05. The van der Waals surface area contributed by atoms with E-state index in [0.717, 1.165) is 61.3 Å². The number of carboxylic acid groups (broad SMARTS) is 2. The van der Waals surface area contributed by atoms with E-state index in [0.29, 0.717) is 24.7 Å². The number of anilines is 1. The van der Waals surface area contributed by atoms with Crippen LogP contribution in [0.4, 0.5) is 5.13 Å². The topological polar surface area (TPSA) is 112 Å².